The van der Waals surface area contributed by atoms with Crippen LogP contribution in [0, 0.1) is 0 Å². The highest BCUT2D eigenvalue weighted by atomic mass is 16.6. The molecule has 6 rings (SSSR count). The van der Waals surface area contributed by atoms with Crippen molar-refractivity contribution in [1.29, 1.82) is 0 Å². The fourth-order valence-corrected chi connectivity index (χ4v) is 6.05. The van der Waals surface area contributed by atoms with E-state index in [4.69, 9.17) is 28.4 Å². The van der Waals surface area contributed by atoms with E-state index in [1.54, 1.807) is 109 Å². The van der Waals surface area contributed by atoms with Crippen molar-refractivity contribution in [1.82, 2.24) is 0 Å². The largest absolute Gasteiger partial charge is 0.459 e. The van der Waals surface area contributed by atoms with Crippen LogP contribution in [0.2, 0.25) is 0 Å². The number of ether oxygens (including phenoxy) is 6. The van der Waals surface area contributed by atoms with Gasteiger partial charge in [0.1, 0.15) is 54.3 Å². The molecule has 0 atom stereocenters. The van der Waals surface area contributed by atoms with Crippen molar-refractivity contribution < 1.29 is 66.8 Å². The number of hydrogen-bond donors (Lipinski definition) is 0. The molecule has 14 nitrogen and oxygen atoms in total. The Kier molecular flexibility index (Phi) is 15.4. The molecule has 0 aromatic heterocycles. The lowest BCUT2D eigenvalue weighted by Crippen LogP contribution is -2.16. The molecule has 0 aliphatic carbocycles. The SMILES string of the molecule is C=CC(=O)OCCOC(=O)c1cc2cc(OC(=O)c3ccc(-c4ccc(OC(=O)CCC=O)cc4)cc3)ccc2cc1OC(=O)c1ccc(-c2ccc(OC(=O)CCC=O)cc2)cc1. The van der Waals surface area contributed by atoms with Crippen molar-refractivity contribution in [3.63, 3.8) is 0 Å². The second-order valence-electron chi connectivity index (χ2n) is 13.7. The van der Waals surface area contributed by atoms with E-state index in [-0.39, 0.29) is 67.1 Å². The van der Waals surface area contributed by atoms with Crippen molar-refractivity contribution in [2.24, 2.45) is 0 Å². The van der Waals surface area contributed by atoms with Crippen LogP contribution in [-0.2, 0) is 33.4 Å². The van der Waals surface area contributed by atoms with Crippen molar-refractivity contribution in [2.75, 3.05) is 13.2 Å². The molecule has 0 fully saturated rings. The molecule has 0 saturated carbocycles. The molecule has 0 unspecified atom stereocenters. The highest BCUT2D eigenvalue weighted by Crippen LogP contribution is 2.32. The molecule has 0 radical (unpaired) electrons. The predicted octanol–water partition coefficient (Wildman–Crippen LogP) is 8.27. The summed E-state index contributed by atoms with van der Waals surface area (Å²) in [5.74, 6) is -3.37. The van der Waals surface area contributed by atoms with Gasteiger partial charge in [-0.05, 0) is 106 Å². The van der Waals surface area contributed by atoms with Crippen molar-refractivity contribution in [3.8, 4) is 45.3 Å². The third-order valence-corrected chi connectivity index (χ3v) is 9.28. The quantitative estimate of drug-likeness (QED) is 0.0248. The minimum absolute atomic E-state index is 0.0124. The van der Waals surface area contributed by atoms with E-state index in [1.807, 2.05) is 0 Å². The number of esters is 6. The Morgan fingerprint density at radius 1 is 0.453 bits per heavy atom. The fraction of sp³-hybridized carbons (Fsp3) is 0.120. The number of hydrogen-bond acceptors (Lipinski definition) is 14. The Bertz CT molecular complexity index is 2700. The van der Waals surface area contributed by atoms with E-state index in [2.05, 4.69) is 6.58 Å². The van der Waals surface area contributed by atoms with Crippen LogP contribution in [0.5, 0.6) is 23.0 Å². The van der Waals surface area contributed by atoms with Gasteiger partial charge in [-0.1, -0.05) is 61.2 Å². The summed E-state index contributed by atoms with van der Waals surface area (Å²) in [6.45, 7) is 2.76. The van der Waals surface area contributed by atoms with Gasteiger partial charge in [-0.3, -0.25) is 9.59 Å². The number of rotatable bonds is 19. The molecule has 6 aromatic carbocycles. The summed E-state index contributed by atoms with van der Waals surface area (Å²) in [5, 5.41) is 0.966. The minimum Gasteiger partial charge on any atom is -0.459 e. The Morgan fingerprint density at radius 3 is 1.39 bits per heavy atom. The number of benzene rings is 6. The monoisotopic (exact) mass is 862 g/mol. The zero-order chi connectivity index (χ0) is 45.4. The maximum absolute atomic E-state index is 13.5. The Balaban J connectivity index is 1.15. The lowest BCUT2D eigenvalue weighted by Gasteiger charge is -2.13. The molecule has 0 N–H and O–H groups in total. The summed E-state index contributed by atoms with van der Waals surface area (Å²) in [6, 6.07) is 34.2. The topological polar surface area (TPSA) is 192 Å². The standard InChI is InChI=1S/C50H38O14/c1-2-45(53)59-27-28-60-50(58)43-30-39-29-42(63-48(56)36-11-7-32(8-12-36)34-15-20-40(21-16-34)61-46(54)5-3-25-51)24-19-38(39)31-44(43)64-49(57)37-13-9-33(10-14-37)35-17-22-41(23-18-35)62-47(55)6-4-26-52/h2,7-26,29-31H,1,3-6,27-28H2. The summed E-state index contributed by atoms with van der Waals surface area (Å²) in [6.07, 6.45) is 2.37. The van der Waals surface area contributed by atoms with E-state index >= 15 is 0 Å². The first-order valence-corrected chi connectivity index (χ1v) is 19.7. The number of carbonyl (C=O) groups is 8. The van der Waals surface area contributed by atoms with Crippen LogP contribution in [0.15, 0.2) is 140 Å². The van der Waals surface area contributed by atoms with Gasteiger partial charge in [0.05, 0.1) is 24.0 Å². The Morgan fingerprint density at radius 2 is 0.906 bits per heavy atom. The summed E-state index contributed by atoms with van der Waals surface area (Å²) in [5.41, 5.74) is 3.38. The van der Waals surface area contributed by atoms with E-state index < -0.39 is 35.8 Å². The van der Waals surface area contributed by atoms with Gasteiger partial charge in [-0.25, -0.2) is 19.2 Å². The highest BCUT2D eigenvalue weighted by Gasteiger charge is 2.21. The zero-order valence-corrected chi connectivity index (χ0v) is 34.0. The fourth-order valence-electron chi connectivity index (χ4n) is 6.05. The van der Waals surface area contributed by atoms with Gasteiger partial charge < -0.3 is 38.0 Å². The summed E-state index contributed by atoms with van der Waals surface area (Å²) in [7, 11) is 0. The van der Waals surface area contributed by atoms with Crippen LogP contribution >= 0.6 is 0 Å². The first-order chi connectivity index (χ1) is 31.0. The average molecular weight is 863 g/mol. The van der Waals surface area contributed by atoms with E-state index in [0.29, 0.717) is 34.8 Å². The highest BCUT2D eigenvalue weighted by molar-refractivity contribution is 6.01. The molecule has 0 heterocycles. The second kappa shape index (κ2) is 21.8. The van der Waals surface area contributed by atoms with Crippen LogP contribution in [0.3, 0.4) is 0 Å². The van der Waals surface area contributed by atoms with Crippen molar-refractivity contribution in [3.05, 3.63) is 157 Å². The number of carbonyl (C=O) groups excluding carboxylic acids is 8. The first kappa shape index (κ1) is 45.0. The molecular weight excluding hydrogens is 825 g/mol. The first-order valence-electron chi connectivity index (χ1n) is 19.7. The molecule has 322 valence electrons. The summed E-state index contributed by atoms with van der Waals surface area (Å²) >= 11 is 0. The third-order valence-electron chi connectivity index (χ3n) is 9.28. The summed E-state index contributed by atoms with van der Waals surface area (Å²) in [4.78, 5) is 96.3. The van der Waals surface area contributed by atoms with Crippen LogP contribution < -0.4 is 18.9 Å². The van der Waals surface area contributed by atoms with Gasteiger partial charge in [-0.2, -0.15) is 0 Å². The molecule has 0 saturated heterocycles. The summed E-state index contributed by atoms with van der Waals surface area (Å²) < 4.78 is 32.1. The van der Waals surface area contributed by atoms with E-state index in [0.717, 1.165) is 28.3 Å². The normalized spacial score (nSPS) is 10.5. The maximum Gasteiger partial charge on any atom is 0.343 e. The van der Waals surface area contributed by atoms with Crippen molar-refractivity contribution in [2.45, 2.75) is 25.7 Å². The van der Waals surface area contributed by atoms with Crippen LogP contribution in [0.4, 0.5) is 0 Å². The molecule has 64 heavy (non-hydrogen) atoms. The van der Waals surface area contributed by atoms with Crippen LogP contribution in [-0.4, -0.2) is 61.6 Å². The third kappa shape index (κ3) is 12.3. The molecule has 6 aromatic rings. The molecule has 0 aliphatic rings. The van der Waals surface area contributed by atoms with Crippen LogP contribution in [0.1, 0.15) is 56.8 Å². The number of fused-ring (bicyclic) bond motifs is 1. The molecule has 14 heteroatoms. The van der Waals surface area contributed by atoms with Gasteiger partial charge in [0.2, 0.25) is 0 Å². The van der Waals surface area contributed by atoms with E-state index in [1.165, 1.54) is 18.2 Å². The van der Waals surface area contributed by atoms with Gasteiger partial charge in [0.25, 0.3) is 0 Å². The van der Waals surface area contributed by atoms with E-state index in [9.17, 15) is 38.4 Å². The smallest absolute Gasteiger partial charge is 0.343 e. The maximum atomic E-state index is 13.5. The lowest BCUT2D eigenvalue weighted by molar-refractivity contribution is -0.139. The van der Waals surface area contributed by atoms with Gasteiger partial charge in [0, 0.05) is 18.9 Å². The molecule has 0 amide bonds. The Hall–Kier alpha value is -8.52. The lowest BCUT2D eigenvalue weighted by atomic mass is 10.0. The predicted molar refractivity (Wildman–Crippen MR) is 231 cm³/mol. The van der Waals surface area contributed by atoms with Gasteiger partial charge in [-0.15, -0.1) is 0 Å². The van der Waals surface area contributed by atoms with Crippen molar-refractivity contribution >= 4 is 59.2 Å². The molecule has 0 bridgehead atoms. The number of aldehydes is 2. The van der Waals surface area contributed by atoms with Crippen LogP contribution in [0.25, 0.3) is 33.0 Å². The molecule has 0 aliphatic heterocycles. The molecular formula is C50H38O14. The Labute approximate surface area is 365 Å². The zero-order valence-electron chi connectivity index (χ0n) is 34.0. The van der Waals surface area contributed by atoms with Gasteiger partial charge >= 0.3 is 35.8 Å². The van der Waals surface area contributed by atoms with Gasteiger partial charge in [0.15, 0.2) is 0 Å². The second-order valence-corrected chi connectivity index (χ2v) is 13.7. The molecule has 0 spiro atoms. The average Bonchev–Trinajstić information content (AvgIpc) is 3.31. The minimum atomic E-state index is -0.889.